The van der Waals surface area contributed by atoms with Gasteiger partial charge >= 0.3 is 12.4 Å². The van der Waals surface area contributed by atoms with Crippen molar-refractivity contribution >= 4 is 0 Å². The number of hydrogen-bond acceptors (Lipinski definition) is 6. The molecule has 6 nitrogen and oxygen atoms in total. The van der Waals surface area contributed by atoms with Crippen LogP contribution in [0.5, 0.6) is 0 Å². The third-order valence-corrected chi connectivity index (χ3v) is 6.98. The predicted octanol–water partition coefficient (Wildman–Crippen LogP) is 6.68. The van der Waals surface area contributed by atoms with E-state index in [1.54, 1.807) is 0 Å². The van der Waals surface area contributed by atoms with E-state index in [9.17, 15) is 26.3 Å². The molecule has 0 bridgehead atoms. The minimum absolute atomic E-state index is 0.0911. The van der Waals surface area contributed by atoms with Gasteiger partial charge in [-0.1, -0.05) is 54.6 Å². The molecule has 1 unspecified atom stereocenters. The zero-order valence-corrected chi connectivity index (χ0v) is 22.3. The average Bonchev–Trinajstić information content (AvgIpc) is 2.98. The Morgan fingerprint density at radius 2 is 1.29 bits per heavy atom. The lowest BCUT2D eigenvalue weighted by atomic mass is 9.97. The lowest BCUT2D eigenvalue weighted by Gasteiger charge is -2.48. The molecule has 0 N–H and O–H groups in total. The normalized spacial score (nSPS) is 26.5. The van der Waals surface area contributed by atoms with E-state index in [1.807, 2.05) is 30.3 Å². The highest BCUT2D eigenvalue weighted by atomic mass is 19.4. The standard InChI is InChI=1S/C30H28F6O6/c1-37-28-26(39-16-19-8-6-12-22(14-19)30(34,35)36)25(38-15-18-7-5-11-21(13-18)29(31,32)33)24-23(41-28)17-40-27(42-24)20-9-3-2-4-10-20/h2-14,23-28H,15-17H2,1H3/t23-,24-,25+,26-,27?,28+/m1/s1. The molecule has 0 radical (unpaired) electrons. The maximum absolute atomic E-state index is 13.3. The van der Waals surface area contributed by atoms with Crippen LogP contribution in [0.25, 0.3) is 0 Å². The highest BCUT2D eigenvalue weighted by molar-refractivity contribution is 5.26. The number of ether oxygens (including phenoxy) is 6. The maximum Gasteiger partial charge on any atom is 0.416 e. The highest BCUT2D eigenvalue weighted by Gasteiger charge is 2.51. The minimum Gasteiger partial charge on any atom is -0.368 e. The van der Waals surface area contributed by atoms with E-state index in [4.69, 9.17) is 28.4 Å². The largest absolute Gasteiger partial charge is 0.416 e. The quantitative estimate of drug-likeness (QED) is 0.270. The summed E-state index contributed by atoms with van der Waals surface area (Å²) in [5.41, 5.74) is -0.434. The van der Waals surface area contributed by atoms with Gasteiger partial charge in [-0.3, -0.25) is 0 Å². The van der Waals surface area contributed by atoms with Crippen molar-refractivity contribution in [3.8, 4) is 0 Å². The fourth-order valence-corrected chi connectivity index (χ4v) is 4.94. The number of rotatable bonds is 8. The van der Waals surface area contributed by atoms with Crippen molar-refractivity contribution in [1.82, 2.24) is 0 Å². The van der Waals surface area contributed by atoms with Crippen LogP contribution in [0.2, 0.25) is 0 Å². The van der Waals surface area contributed by atoms with E-state index in [2.05, 4.69) is 0 Å². The van der Waals surface area contributed by atoms with Gasteiger partial charge in [-0.25, -0.2) is 0 Å². The Kier molecular flexibility index (Phi) is 9.21. The van der Waals surface area contributed by atoms with Crippen LogP contribution in [0.1, 0.15) is 34.1 Å². The number of hydrogen-bond donors (Lipinski definition) is 0. The van der Waals surface area contributed by atoms with E-state index in [1.165, 1.54) is 31.4 Å². The van der Waals surface area contributed by atoms with Gasteiger partial charge in [0.05, 0.1) is 30.9 Å². The predicted molar refractivity (Wildman–Crippen MR) is 136 cm³/mol. The Hall–Kier alpha value is -3.00. The number of benzene rings is 3. The molecular formula is C30H28F6O6. The Morgan fingerprint density at radius 3 is 1.83 bits per heavy atom. The van der Waals surface area contributed by atoms with Gasteiger partial charge in [-0.2, -0.15) is 26.3 Å². The molecule has 0 amide bonds. The van der Waals surface area contributed by atoms with Crippen molar-refractivity contribution in [1.29, 1.82) is 0 Å². The summed E-state index contributed by atoms with van der Waals surface area (Å²) in [6.07, 6.45) is -14.4. The molecule has 42 heavy (non-hydrogen) atoms. The number of methoxy groups -OCH3 is 1. The first-order valence-electron chi connectivity index (χ1n) is 13.1. The summed E-state index contributed by atoms with van der Waals surface area (Å²) in [6.45, 7) is -0.400. The third kappa shape index (κ3) is 7.13. The summed E-state index contributed by atoms with van der Waals surface area (Å²) >= 11 is 0. The summed E-state index contributed by atoms with van der Waals surface area (Å²) in [5.74, 6) is 0. The number of alkyl halides is 6. The first-order chi connectivity index (χ1) is 20.0. The molecule has 6 atom stereocenters. The Morgan fingerprint density at radius 1 is 0.714 bits per heavy atom. The highest BCUT2D eigenvalue weighted by Crippen LogP contribution is 2.38. The second-order valence-electron chi connectivity index (χ2n) is 9.90. The molecule has 2 saturated heterocycles. The molecule has 0 saturated carbocycles. The van der Waals surface area contributed by atoms with Crippen LogP contribution < -0.4 is 0 Å². The second kappa shape index (κ2) is 12.7. The third-order valence-electron chi connectivity index (χ3n) is 6.98. The number of fused-ring (bicyclic) bond motifs is 1. The van der Waals surface area contributed by atoms with E-state index in [-0.39, 0.29) is 30.9 Å². The zero-order chi connectivity index (χ0) is 29.9. The lowest BCUT2D eigenvalue weighted by Crippen LogP contribution is -2.63. The summed E-state index contributed by atoms with van der Waals surface area (Å²) in [5, 5.41) is 0. The molecule has 2 aliphatic rings. The first kappa shape index (κ1) is 30.5. The minimum atomic E-state index is -4.54. The van der Waals surface area contributed by atoms with Gasteiger partial charge in [-0.05, 0) is 35.4 Å². The van der Waals surface area contributed by atoms with E-state index < -0.39 is 60.5 Å². The maximum atomic E-state index is 13.3. The van der Waals surface area contributed by atoms with Crippen LogP contribution in [0, 0.1) is 0 Å². The monoisotopic (exact) mass is 598 g/mol. The van der Waals surface area contributed by atoms with Gasteiger partial charge in [0.15, 0.2) is 12.6 Å². The Balaban J connectivity index is 1.41. The van der Waals surface area contributed by atoms with Crippen LogP contribution >= 0.6 is 0 Å². The topological polar surface area (TPSA) is 55.4 Å². The molecule has 226 valence electrons. The molecule has 2 heterocycles. The molecule has 5 rings (SSSR count). The molecule has 12 heteroatoms. The SMILES string of the molecule is CO[C@H]1O[C@@H]2COC(c3ccccc3)O[C@H]2[C@H](OCc2cccc(C(F)(F)F)c2)[C@H]1OCc1cccc(C(F)(F)F)c1. The summed E-state index contributed by atoms with van der Waals surface area (Å²) in [6, 6.07) is 18.5. The molecule has 0 aromatic heterocycles. The molecular weight excluding hydrogens is 570 g/mol. The van der Waals surface area contributed by atoms with E-state index >= 15 is 0 Å². The van der Waals surface area contributed by atoms with Gasteiger partial charge in [0, 0.05) is 12.7 Å². The van der Waals surface area contributed by atoms with Crippen molar-refractivity contribution in [3.63, 3.8) is 0 Å². The van der Waals surface area contributed by atoms with E-state index in [0.29, 0.717) is 0 Å². The summed E-state index contributed by atoms with van der Waals surface area (Å²) in [7, 11) is 1.37. The molecule has 2 fully saturated rings. The van der Waals surface area contributed by atoms with Crippen LogP contribution in [-0.4, -0.2) is 44.4 Å². The van der Waals surface area contributed by atoms with Gasteiger partial charge in [0.1, 0.15) is 24.4 Å². The first-order valence-corrected chi connectivity index (χ1v) is 13.1. The fraction of sp³-hybridized carbons (Fsp3) is 0.400. The second-order valence-corrected chi connectivity index (χ2v) is 9.90. The summed E-state index contributed by atoms with van der Waals surface area (Å²) in [4.78, 5) is 0. The summed E-state index contributed by atoms with van der Waals surface area (Å²) < 4.78 is 116. The number of halogens is 6. The molecule has 0 aliphatic carbocycles. The Bertz CT molecular complexity index is 1320. The van der Waals surface area contributed by atoms with Crippen molar-refractivity contribution in [2.24, 2.45) is 0 Å². The van der Waals surface area contributed by atoms with Crippen molar-refractivity contribution < 1.29 is 54.8 Å². The van der Waals surface area contributed by atoms with Crippen molar-refractivity contribution in [3.05, 3.63) is 107 Å². The molecule has 3 aromatic rings. The molecule has 0 spiro atoms. The van der Waals surface area contributed by atoms with Crippen molar-refractivity contribution in [2.75, 3.05) is 13.7 Å². The van der Waals surface area contributed by atoms with Gasteiger partial charge in [0.2, 0.25) is 0 Å². The van der Waals surface area contributed by atoms with E-state index in [0.717, 1.165) is 29.8 Å². The molecule has 2 aliphatic heterocycles. The van der Waals surface area contributed by atoms with Crippen LogP contribution in [-0.2, 0) is 54.0 Å². The fourth-order valence-electron chi connectivity index (χ4n) is 4.94. The zero-order valence-electron chi connectivity index (χ0n) is 22.3. The smallest absolute Gasteiger partial charge is 0.368 e. The van der Waals surface area contributed by atoms with Crippen LogP contribution in [0.4, 0.5) is 26.3 Å². The molecule has 3 aromatic carbocycles. The lowest BCUT2D eigenvalue weighted by molar-refractivity contribution is -0.369. The van der Waals surface area contributed by atoms with Gasteiger partial charge in [0.25, 0.3) is 0 Å². The van der Waals surface area contributed by atoms with Gasteiger partial charge < -0.3 is 28.4 Å². The van der Waals surface area contributed by atoms with Crippen LogP contribution in [0.3, 0.4) is 0 Å². The van der Waals surface area contributed by atoms with Crippen molar-refractivity contribution in [2.45, 2.75) is 62.6 Å². The van der Waals surface area contributed by atoms with Crippen LogP contribution in [0.15, 0.2) is 78.9 Å². The van der Waals surface area contributed by atoms with Gasteiger partial charge in [-0.15, -0.1) is 0 Å². The Labute approximate surface area is 238 Å². The average molecular weight is 599 g/mol.